The van der Waals surface area contributed by atoms with E-state index in [1.165, 1.54) is 23.1 Å². The average molecular weight is 420 g/mol. The number of carbonyl (C=O) groups is 2. The molecule has 1 heterocycles. The van der Waals surface area contributed by atoms with Crippen LogP contribution in [0.1, 0.15) is 15.9 Å². The molecule has 3 rings (SSSR count). The van der Waals surface area contributed by atoms with E-state index < -0.39 is 5.91 Å². The second-order valence-electron chi connectivity index (χ2n) is 5.86. The van der Waals surface area contributed by atoms with E-state index in [0.29, 0.717) is 17.0 Å². The van der Waals surface area contributed by atoms with Gasteiger partial charge in [-0.05, 0) is 64.9 Å². The van der Waals surface area contributed by atoms with Crippen molar-refractivity contribution >= 4 is 46.7 Å². The van der Waals surface area contributed by atoms with Crippen LogP contribution in [0.5, 0.6) is 0 Å². The Morgan fingerprint density at radius 1 is 1.07 bits per heavy atom. The van der Waals surface area contributed by atoms with Crippen LogP contribution in [0.3, 0.4) is 0 Å². The number of anilines is 1. The maximum Gasteiger partial charge on any atom is 0.272 e. The zero-order valence-corrected chi connectivity index (χ0v) is 16.9. The topological polar surface area (TPSA) is 82.0 Å². The van der Waals surface area contributed by atoms with Gasteiger partial charge in [-0.2, -0.15) is 16.6 Å². The summed E-state index contributed by atoms with van der Waals surface area (Å²) in [5.74, 6) is -0.409. The number of carbonyl (C=O) groups excluding carboxylic acids is 2. The minimum atomic E-state index is -0.419. The van der Waals surface area contributed by atoms with Gasteiger partial charge >= 0.3 is 0 Å². The third-order valence-corrected chi connectivity index (χ3v) is 5.38. The lowest BCUT2D eigenvalue weighted by Gasteiger charge is -2.11. The van der Waals surface area contributed by atoms with Crippen LogP contribution in [0, 0.1) is 11.3 Å². The molecule has 0 aliphatic heterocycles. The van der Waals surface area contributed by atoms with E-state index in [-0.39, 0.29) is 11.6 Å². The Hall–Kier alpha value is -3.34. The van der Waals surface area contributed by atoms with Crippen molar-refractivity contribution in [1.29, 1.82) is 5.26 Å². The van der Waals surface area contributed by atoms with E-state index in [1.54, 1.807) is 42.5 Å². The number of nitrogens with one attached hydrogen (secondary N) is 2. The van der Waals surface area contributed by atoms with Crippen molar-refractivity contribution in [2.75, 3.05) is 11.1 Å². The number of thiophene rings is 1. The maximum absolute atomic E-state index is 12.8. The van der Waals surface area contributed by atoms with Crippen LogP contribution in [0.25, 0.3) is 6.08 Å². The second-order valence-corrected chi connectivity index (χ2v) is 7.69. The summed E-state index contributed by atoms with van der Waals surface area (Å²) in [7, 11) is 0. The van der Waals surface area contributed by atoms with Gasteiger partial charge in [-0.3, -0.25) is 9.59 Å². The van der Waals surface area contributed by atoms with Crippen molar-refractivity contribution < 1.29 is 9.59 Å². The van der Waals surface area contributed by atoms with Crippen molar-refractivity contribution in [2.45, 2.75) is 4.90 Å². The first-order chi connectivity index (χ1) is 14.2. The fourth-order valence-electron chi connectivity index (χ4n) is 2.41. The summed E-state index contributed by atoms with van der Waals surface area (Å²) in [4.78, 5) is 26.3. The maximum atomic E-state index is 12.8. The van der Waals surface area contributed by atoms with E-state index >= 15 is 0 Å². The zero-order chi connectivity index (χ0) is 20.5. The quantitative estimate of drug-likeness (QED) is 0.427. The zero-order valence-electron chi connectivity index (χ0n) is 15.3. The molecule has 1 aromatic heterocycles. The number of hydrogen-bond acceptors (Lipinski definition) is 5. The largest absolute Gasteiger partial charge is 0.321 e. The molecular formula is C22H17N3O2S2. The standard InChI is InChI=1S/C22H17N3O2S2/c23-11-13-29-19-8-6-18(7-9-19)24-22(27)20(14-16-10-12-28-15-16)25-21(26)17-4-2-1-3-5-17/h1-10,12,14-15H,13H2,(H,24,27)(H,25,26)/b20-14-. The molecule has 0 radical (unpaired) electrons. The Balaban J connectivity index is 1.76. The van der Waals surface area contributed by atoms with Crippen LogP contribution < -0.4 is 10.6 Å². The lowest BCUT2D eigenvalue weighted by molar-refractivity contribution is -0.113. The Kier molecular flexibility index (Phi) is 7.22. The molecule has 5 nitrogen and oxygen atoms in total. The van der Waals surface area contributed by atoms with Crippen molar-refractivity contribution in [2.24, 2.45) is 0 Å². The highest BCUT2D eigenvalue weighted by Crippen LogP contribution is 2.20. The summed E-state index contributed by atoms with van der Waals surface area (Å²) in [6.07, 6.45) is 1.64. The summed E-state index contributed by atoms with van der Waals surface area (Å²) in [5, 5.41) is 18.0. The number of nitrogens with zero attached hydrogens (tertiary/aromatic N) is 1. The van der Waals surface area contributed by atoms with Crippen LogP contribution in [0.4, 0.5) is 5.69 Å². The molecule has 0 atom stereocenters. The first kappa shape index (κ1) is 20.4. The third kappa shape index (κ3) is 6.07. The van der Waals surface area contributed by atoms with Crippen molar-refractivity contribution in [3.8, 4) is 6.07 Å². The number of hydrogen-bond donors (Lipinski definition) is 2. The molecule has 0 aliphatic rings. The molecule has 2 aromatic carbocycles. The van der Waals surface area contributed by atoms with Crippen LogP contribution in [0.2, 0.25) is 0 Å². The predicted octanol–water partition coefficient (Wildman–Crippen LogP) is 4.77. The fourth-order valence-corrected chi connectivity index (χ4v) is 3.59. The van der Waals surface area contributed by atoms with Gasteiger partial charge in [0.2, 0.25) is 0 Å². The van der Waals surface area contributed by atoms with Gasteiger partial charge in [0.05, 0.1) is 11.8 Å². The number of amides is 2. The molecule has 0 fully saturated rings. The van der Waals surface area contributed by atoms with E-state index in [0.717, 1.165) is 10.5 Å². The molecule has 0 aliphatic carbocycles. The van der Waals surface area contributed by atoms with Crippen LogP contribution in [-0.2, 0) is 4.79 Å². The highest BCUT2D eigenvalue weighted by Gasteiger charge is 2.15. The molecule has 2 N–H and O–H groups in total. The van der Waals surface area contributed by atoms with Gasteiger partial charge < -0.3 is 10.6 Å². The molecule has 0 saturated carbocycles. The molecule has 3 aromatic rings. The van der Waals surface area contributed by atoms with Crippen molar-refractivity contribution in [1.82, 2.24) is 5.32 Å². The van der Waals surface area contributed by atoms with E-state index in [2.05, 4.69) is 16.7 Å². The van der Waals surface area contributed by atoms with Gasteiger partial charge in [0.25, 0.3) is 11.8 Å². The van der Waals surface area contributed by atoms with Gasteiger partial charge in [0, 0.05) is 16.1 Å². The number of benzene rings is 2. The average Bonchev–Trinajstić information content (AvgIpc) is 3.26. The Morgan fingerprint density at radius 3 is 2.48 bits per heavy atom. The summed E-state index contributed by atoms with van der Waals surface area (Å²) in [6.45, 7) is 0. The minimum absolute atomic E-state index is 0.153. The monoisotopic (exact) mass is 419 g/mol. The minimum Gasteiger partial charge on any atom is -0.321 e. The smallest absolute Gasteiger partial charge is 0.272 e. The lowest BCUT2D eigenvalue weighted by atomic mass is 10.2. The summed E-state index contributed by atoms with van der Waals surface area (Å²) >= 11 is 2.93. The normalized spacial score (nSPS) is 10.8. The second kappa shape index (κ2) is 10.3. The van der Waals surface area contributed by atoms with Crippen LogP contribution in [-0.4, -0.2) is 17.6 Å². The number of nitriles is 1. The van der Waals surface area contributed by atoms with Crippen molar-refractivity contribution in [3.05, 3.63) is 88.2 Å². The van der Waals surface area contributed by atoms with Gasteiger partial charge in [0.15, 0.2) is 0 Å². The van der Waals surface area contributed by atoms with Crippen LogP contribution in [0.15, 0.2) is 82.0 Å². The molecule has 144 valence electrons. The van der Waals surface area contributed by atoms with Crippen molar-refractivity contribution in [3.63, 3.8) is 0 Å². The highest BCUT2D eigenvalue weighted by molar-refractivity contribution is 7.99. The molecule has 0 bridgehead atoms. The molecule has 7 heteroatoms. The summed E-state index contributed by atoms with van der Waals surface area (Å²) in [5.41, 5.74) is 2.05. The number of thioether (sulfide) groups is 1. The molecule has 2 amide bonds. The molecule has 0 unspecified atom stereocenters. The van der Waals surface area contributed by atoms with Crippen LogP contribution >= 0.6 is 23.1 Å². The predicted molar refractivity (Wildman–Crippen MR) is 118 cm³/mol. The van der Waals surface area contributed by atoms with E-state index in [9.17, 15) is 9.59 Å². The van der Waals surface area contributed by atoms with E-state index in [4.69, 9.17) is 5.26 Å². The summed E-state index contributed by atoms with van der Waals surface area (Å²) < 4.78 is 0. The third-order valence-electron chi connectivity index (χ3n) is 3.80. The van der Waals surface area contributed by atoms with Gasteiger partial charge in [-0.15, -0.1) is 11.8 Å². The highest BCUT2D eigenvalue weighted by atomic mass is 32.2. The fraction of sp³-hybridized carbons (Fsp3) is 0.0455. The van der Waals surface area contributed by atoms with E-state index in [1.807, 2.05) is 35.0 Å². The van der Waals surface area contributed by atoms with Gasteiger partial charge in [0.1, 0.15) is 5.70 Å². The Bertz CT molecular complexity index is 1040. The first-order valence-corrected chi connectivity index (χ1v) is 10.6. The number of rotatable bonds is 7. The summed E-state index contributed by atoms with van der Waals surface area (Å²) in [6, 6.07) is 19.9. The lowest BCUT2D eigenvalue weighted by Crippen LogP contribution is -2.30. The molecule has 29 heavy (non-hydrogen) atoms. The molecule has 0 spiro atoms. The first-order valence-electron chi connectivity index (χ1n) is 8.67. The SMILES string of the molecule is N#CCSc1ccc(NC(=O)/C(=C/c2ccsc2)NC(=O)c2ccccc2)cc1. The Labute approximate surface area is 177 Å². The Morgan fingerprint density at radius 2 is 1.83 bits per heavy atom. The molecular weight excluding hydrogens is 402 g/mol. The van der Waals surface area contributed by atoms with Gasteiger partial charge in [-0.1, -0.05) is 18.2 Å². The van der Waals surface area contributed by atoms with Gasteiger partial charge in [-0.25, -0.2) is 0 Å². The molecule has 0 saturated heterocycles.